The highest BCUT2D eigenvalue weighted by Crippen LogP contribution is 2.32. The van der Waals surface area contributed by atoms with Crippen LogP contribution in [-0.4, -0.2) is 24.8 Å². The normalized spacial score (nSPS) is 12.8. The Morgan fingerprint density at radius 2 is 2.00 bits per heavy atom. The summed E-state index contributed by atoms with van der Waals surface area (Å²) in [5.41, 5.74) is 0.937. The number of esters is 1. The molecule has 0 aliphatic carbocycles. The summed E-state index contributed by atoms with van der Waals surface area (Å²) in [6.07, 6.45) is -1.04. The smallest absolute Gasteiger partial charge is 0.339 e. The predicted molar refractivity (Wildman–Crippen MR) is 92.2 cm³/mol. The SMILES string of the molecule is CC(OC(=O)c1ccc2c(c1)OCO2)C(=O)Nc1ccc(C#N)c(Cl)c1. The van der Waals surface area contributed by atoms with Crippen LogP contribution in [0, 0.1) is 11.3 Å². The number of halogens is 1. The second-order valence-corrected chi connectivity index (χ2v) is 5.82. The van der Waals surface area contributed by atoms with Crippen molar-refractivity contribution < 1.29 is 23.8 Å². The molecular formula is C18H13ClN2O5. The number of nitriles is 1. The van der Waals surface area contributed by atoms with E-state index in [1.54, 1.807) is 6.07 Å². The molecule has 0 aromatic heterocycles. The highest BCUT2D eigenvalue weighted by Gasteiger charge is 2.22. The van der Waals surface area contributed by atoms with Crippen molar-refractivity contribution in [1.29, 1.82) is 5.26 Å². The van der Waals surface area contributed by atoms with E-state index in [-0.39, 0.29) is 17.4 Å². The van der Waals surface area contributed by atoms with Crippen molar-refractivity contribution in [3.05, 3.63) is 52.5 Å². The van der Waals surface area contributed by atoms with E-state index >= 15 is 0 Å². The minimum atomic E-state index is -1.04. The van der Waals surface area contributed by atoms with Crippen LogP contribution < -0.4 is 14.8 Å². The van der Waals surface area contributed by atoms with Gasteiger partial charge in [0, 0.05) is 5.69 Å². The average Bonchev–Trinajstić information content (AvgIpc) is 3.09. The fraction of sp³-hybridized carbons (Fsp3) is 0.167. The molecule has 1 unspecified atom stereocenters. The van der Waals surface area contributed by atoms with Gasteiger partial charge in [0.25, 0.3) is 5.91 Å². The largest absolute Gasteiger partial charge is 0.454 e. The van der Waals surface area contributed by atoms with Crippen LogP contribution in [0.3, 0.4) is 0 Å². The standard InChI is InChI=1S/C18H13ClN2O5/c1-10(17(22)21-13-4-2-12(8-20)14(19)7-13)26-18(23)11-3-5-15-16(6-11)25-9-24-15/h2-7,10H,9H2,1H3,(H,21,22). The maximum atomic E-state index is 12.2. The van der Waals surface area contributed by atoms with Gasteiger partial charge in [-0.3, -0.25) is 4.79 Å². The van der Waals surface area contributed by atoms with Gasteiger partial charge in [-0.1, -0.05) is 11.6 Å². The van der Waals surface area contributed by atoms with Crippen molar-refractivity contribution in [3.8, 4) is 17.6 Å². The molecule has 8 heteroatoms. The first-order valence-electron chi connectivity index (χ1n) is 7.59. The topological polar surface area (TPSA) is 97.7 Å². The minimum Gasteiger partial charge on any atom is -0.454 e. The van der Waals surface area contributed by atoms with Crippen LogP contribution in [0.1, 0.15) is 22.8 Å². The molecule has 0 bridgehead atoms. The summed E-state index contributed by atoms with van der Waals surface area (Å²) < 4.78 is 15.6. The molecule has 1 aliphatic rings. The number of nitrogens with one attached hydrogen (secondary N) is 1. The van der Waals surface area contributed by atoms with Gasteiger partial charge in [-0.15, -0.1) is 0 Å². The molecule has 1 heterocycles. The van der Waals surface area contributed by atoms with Gasteiger partial charge < -0.3 is 19.5 Å². The Kier molecular flexibility index (Phi) is 4.96. The van der Waals surface area contributed by atoms with Crippen LogP contribution in [0.25, 0.3) is 0 Å². The number of ether oxygens (including phenoxy) is 3. The van der Waals surface area contributed by atoms with Gasteiger partial charge in [0.05, 0.1) is 16.1 Å². The molecule has 0 saturated heterocycles. The molecule has 1 N–H and O–H groups in total. The Morgan fingerprint density at radius 1 is 1.23 bits per heavy atom. The molecule has 0 saturated carbocycles. The molecule has 1 amide bonds. The van der Waals surface area contributed by atoms with Crippen LogP contribution in [0.4, 0.5) is 5.69 Å². The second-order valence-electron chi connectivity index (χ2n) is 5.41. The highest BCUT2D eigenvalue weighted by atomic mass is 35.5. The zero-order chi connectivity index (χ0) is 18.7. The molecule has 2 aromatic carbocycles. The summed E-state index contributed by atoms with van der Waals surface area (Å²) in [7, 11) is 0. The number of fused-ring (bicyclic) bond motifs is 1. The van der Waals surface area contributed by atoms with E-state index in [9.17, 15) is 9.59 Å². The third-order valence-corrected chi connectivity index (χ3v) is 3.93. The van der Waals surface area contributed by atoms with Crippen molar-refractivity contribution in [2.75, 3.05) is 12.1 Å². The number of hydrogen-bond acceptors (Lipinski definition) is 6. The lowest BCUT2D eigenvalue weighted by molar-refractivity contribution is -0.123. The van der Waals surface area contributed by atoms with E-state index in [2.05, 4.69) is 5.32 Å². The van der Waals surface area contributed by atoms with Crippen LogP contribution in [0.5, 0.6) is 11.5 Å². The van der Waals surface area contributed by atoms with Crippen molar-refractivity contribution in [2.45, 2.75) is 13.0 Å². The molecule has 0 radical (unpaired) electrons. The average molecular weight is 373 g/mol. The first kappa shape index (κ1) is 17.6. The lowest BCUT2D eigenvalue weighted by Gasteiger charge is -2.14. The number of hydrogen-bond donors (Lipinski definition) is 1. The van der Waals surface area contributed by atoms with Gasteiger partial charge in [-0.25, -0.2) is 4.79 Å². The van der Waals surface area contributed by atoms with E-state index in [1.165, 1.54) is 37.3 Å². The predicted octanol–water partition coefficient (Wildman–Crippen LogP) is 3.12. The zero-order valence-electron chi connectivity index (χ0n) is 13.6. The lowest BCUT2D eigenvalue weighted by atomic mass is 10.2. The summed E-state index contributed by atoms with van der Waals surface area (Å²) in [6, 6.07) is 11.0. The van der Waals surface area contributed by atoms with E-state index in [0.29, 0.717) is 22.7 Å². The number of anilines is 1. The summed E-state index contributed by atoms with van der Waals surface area (Å²) in [6.45, 7) is 1.55. The van der Waals surface area contributed by atoms with Crippen molar-refractivity contribution in [1.82, 2.24) is 0 Å². The Balaban J connectivity index is 1.63. The highest BCUT2D eigenvalue weighted by molar-refractivity contribution is 6.32. The van der Waals surface area contributed by atoms with Gasteiger partial charge in [0.15, 0.2) is 17.6 Å². The summed E-state index contributed by atoms with van der Waals surface area (Å²) >= 11 is 5.92. The van der Waals surface area contributed by atoms with E-state index in [1.807, 2.05) is 6.07 Å². The van der Waals surface area contributed by atoms with Crippen LogP contribution in [0.2, 0.25) is 5.02 Å². The van der Waals surface area contributed by atoms with Crippen LogP contribution in [-0.2, 0) is 9.53 Å². The summed E-state index contributed by atoms with van der Waals surface area (Å²) in [5.74, 6) is -0.197. The fourth-order valence-electron chi connectivity index (χ4n) is 2.23. The van der Waals surface area contributed by atoms with Crippen LogP contribution in [0.15, 0.2) is 36.4 Å². The Morgan fingerprint density at radius 3 is 2.73 bits per heavy atom. The molecule has 0 spiro atoms. The molecule has 26 heavy (non-hydrogen) atoms. The van der Waals surface area contributed by atoms with Gasteiger partial charge in [-0.05, 0) is 43.3 Å². The number of carbonyl (C=O) groups is 2. The Labute approximate surface area is 154 Å². The molecule has 7 nitrogen and oxygen atoms in total. The van der Waals surface area contributed by atoms with Crippen molar-refractivity contribution >= 4 is 29.2 Å². The number of nitrogens with zero attached hydrogens (tertiary/aromatic N) is 1. The fourth-order valence-corrected chi connectivity index (χ4v) is 2.46. The van der Waals surface area contributed by atoms with Gasteiger partial charge >= 0.3 is 5.97 Å². The monoisotopic (exact) mass is 372 g/mol. The van der Waals surface area contributed by atoms with Gasteiger partial charge in [-0.2, -0.15) is 5.26 Å². The lowest BCUT2D eigenvalue weighted by Crippen LogP contribution is -2.30. The third kappa shape index (κ3) is 3.71. The van der Waals surface area contributed by atoms with Crippen molar-refractivity contribution in [3.63, 3.8) is 0 Å². The van der Waals surface area contributed by atoms with E-state index < -0.39 is 18.0 Å². The van der Waals surface area contributed by atoms with Crippen LogP contribution >= 0.6 is 11.6 Å². The zero-order valence-corrected chi connectivity index (χ0v) is 14.4. The molecule has 0 fully saturated rings. The number of amides is 1. The summed E-state index contributed by atoms with van der Waals surface area (Å²) in [4.78, 5) is 24.4. The minimum absolute atomic E-state index is 0.0970. The van der Waals surface area contributed by atoms with E-state index in [0.717, 1.165) is 0 Å². The molecule has 3 rings (SSSR count). The maximum Gasteiger partial charge on any atom is 0.339 e. The second kappa shape index (κ2) is 7.33. The molecule has 1 atom stereocenters. The van der Waals surface area contributed by atoms with E-state index in [4.69, 9.17) is 31.1 Å². The first-order chi connectivity index (χ1) is 12.5. The number of benzene rings is 2. The molecule has 1 aliphatic heterocycles. The number of rotatable bonds is 4. The molecular weight excluding hydrogens is 360 g/mol. The molecule has 2 aromatic rings. The van der Waals surface area contributed by atoms with Gasteiger partial charge in [0.2, 0.25) is 6.79 Å². The quantitative estimate of drug-likeness (QED) is 0.828. The first-order valence-corrected chi connectivity index (χ1v) is 7.97. The number of carbonyl (C=O) groups excluding carboxylic acids is 2. The Hall–Kier alpha value is -3.24. The molecule has 132 valence electrons. The third-order valence-electron chi connectivity index (χ3n) is 3.62. The maximum absolute atomic E-state index is 12.2. The summed E-state index contributed by atoms with van der Waals surface area (Å²) in [5, 5.41) is 11.6. The van der Waals surface area contributed by atoms with Crippen molar-refractivity contribution in [2.24, 2.45) is 0 Å². The van der Waals surface area contributed by atoms with Gasteiger partial charge in [0.1, 0.15) is 6.07 Å². The Bertz CT molecular complexity index is 922.